The summed E-state index contributed by atoms with van der Waals surface area (Å²) in [6.45, 7) is 7.72. The van der Waals surface area contributed by atoms with E-state index in [1.807, 2.05) is 52.0 Å². The van der Waals surface area contributed by atoms with Crippen LogP contribution < -0.4 is 29.6 Å². The first kappa shape index (κ1) is 25.7. The highest BCUT2D eigenvalue weighted by atomic mass is 31.1. The quantitative estimate of drug-likeness (QED) is 0.322. The average molecular weight is 500 g/mol. The number of hydrogen-bond donors (Lipinski definition) is 0. The van der Waals surface area contributed by atoms with Crippen molar-refractivity contribution in [3.8, 4) is 23.0 Å². The second-order valence-corrected chi connectivity index (χ2v) is 11.1. The topological polar surface area (TPSA) is 71.1 Å². The predicted molar refractivity (Wildman–Crippen MR) is 137 cm³/mol. The molecule has 0 aliphatic carbocycles. The molecule has 0 bridgehead atoms. The molecule has 0 saturated heterocycles. The van der Waals surface area contributed by atoms with Gasteiger partial charge in [-0.25, -0.2) is 0 Å². The summed E-state index contributed by atoms with van der Waals surface area (Å²) in [7, 11) is -0.232. The maximum atomic E-state index is 12.8. The fraction of sp³-hybridized carbons (Fsp3) is 0.308. The number of aryl methyl sites for hydroxylation is 4. The van der Waals surface area contributed by atoms with Crippen LogP contribution in [0, 0.1) is 27.7 Å². The average Bonchev–Trinajstić information content (AvgIpc) is 2.80. The molecule has 0 aliphatic rings. The number of rotatable bonds is 10. The fourth-order valence-electron chi connectivity index (χ4n) is 3.86. The second kappa shape index (κ2) is 11.5. The molecule has 0 spiro atoms. The van der Waals surface area contributed by atoms with Crippen LogP contribution in [0.25, 0.3) is 0 Å². The standard InChI is InChI=1S/C26H30O6P2/c1-17-10-23(11-18(2)25(17)29-5)33(27)15-31-21-8-7-9-22(14-21)32-16-34(28)24-12-19(3)26(30-6)20(4)13-24/h7-14H,15-16H2,1-6H3/q+2. The van der Waals surface area contributed by atoms with Gasteiger partial charge < -0.3 is 18.9 Å². The first-order chi connectivity index (χ1) is 16.2. The molecule has 178 valence electrons. The van der Waals surface area contributed by atoms with Crippen molar-refractivity contribution in [1.82, 2.24) is 0 Å². The minimum absolute atomic E-state index is 0.0443. The van der Waals surface area contributed by atoms with Gasteiger partial charge in [-0.05, 0) is 86.3 Å². The predicted octanol–water partition coefficient (Wildman–Crippen LogP) is 5.92. The Kier molecular flexibility index (Phi) is 8.66. The molecule has 3 rings (SSSR count). The molecule has 2 atom stereocenters. The largest absolute Gasteiger partial charge is 0.496 e. The highest BCUT2D eigenvalue weighted by Gasteiger charge is 2.25. The Morgan fingerprint density at radius 3 is 1.29 bits per heavy atom. The summed E-state index contributed by atoms with van der Waals surface area (Å²) in [5.74, 6) is 2.68. The van der Waals surface area contributed by atoms with Crippen molar-refractivity contribution in [2.45, 2.75) is 27.7 Å². The molecule has 0 radical (unpaired) electrons. The highest BCUT2D eigenvalue weighted by molar-refractivity contribution is 7.53. The summed E-state index contributed by atoms with van der Waals surface area (Å²) in [5, 5.41) is 1.44. The third kappa shape index (κ3) is 6.14. The van der Waals surface area contributed by atoms with Crippen molar-refractivity contribution >= 4 is 26.2 Å². The molecule has 0 saturated carbocycles. The zero-order chi connectivity index (χ0) is 24.8. The van der Waals surface area contributed by atoms with Gasteiger partial charge in [-0.1, -0.05) is 15.2 Å². The third-order valence-electron chi connectivity index (χ3n) is 5.38. The SMILES string of the molecule is COc1c(C)cc([P+](=O)COc2cccc(OC[P+](=O)c3cc(C)c(OC)c(C)c3)c2)cc1C. The summed E-state index contributed by atoms with van der Waals surface area (Å²) >= 11 is 0. The number of methoxy groups -OCH3 is 2. The Balaban J connectivity index is 1.61. The van der Waals surface area contributed by atoms with Crippen molar-refractivity contribution in [3.05, 3.63) is 70.8 Å². The maximum Gasteiger partial charge on any atom is 0.417 e. The van der Waals surface area contributed by atoms with E-state index in [0.29, 0.717) is 11.5 Å². The summed E-state index contributed by atoms with van der Waals surface area (Å²) in [6, 6.07) is 14.5. The van der Waals surface area contributed by atoms with Crippen LogP contribution in [-0.4, -0.2) is 26.9 Å². The van der Waals surface area contributed by atoms with E-state index in [4.69, 9.17) is 18.9 Å². The van der Waals surface area contributed by atoms with Gasteiger partial charge in [0.1, 0.15) is 23.0 Å². The van der Waals surface area contributed by atoms with Crippen LogP contribution in [0.15, 0.2) is 48.5 Å². The van der Waals surface area contributed by atoms with Gasteiger partial charge in [-0.3, -0.25) is 0 Å². The number of hydrogen-bond acceptors (Lipinski definition) is 6. The fourth-order valence-corrected chi connectivity index (χ4v) is 6.04. The molecule has 2 unspecified atom stereocenters. The van der Waals surface area contributed by atoms with E-state index in [-0.39, 0.29) is 12.7 Å². The van der Waals surface area contributed by atoms with Gasteiger partial charge in [0.25, 0.3) is 12.7 Å². The van der Waals surface area contributed by atoms with Crippen molar-refractivity contribution in [1.29, 1.82) is 0 Å². The molecule has 34 heavy (non-hydrogen) atoms. The normalized spacial score (nSPS) is 11.6. The van der Waals surface area contributed by atoms with Gasteiger partial charge >= 0.3 is 15.6 Å². The summed E-state index contributed by atoms with van der Waals surface area (Å²) in [6.07, 6.45) is 0.0886. The monoisotopic (exact) mass is 500 g/mol. The zero-order valence-corrected chi connectivity index (χ0v) is 22.2. The first-order valence-corrected chi connectivity index (χ1v) is 13.7. The molecule has 3 aromatic rings. The first-order valence-electron chi connectivity index (χ1n) is 10.8. The van der Waals surface area contributed by atoms with Crippen molar-refractivity contribution in [2.24, 2.45) is 0 Å². The second-order valence-electron chi connectivity index (χ2n) is 8.00. The Hall–Kier alpha value is -2.94. The molecule has 0 fully saturated rings. The summed E-state index contributed by atoms with van der Waals surface area (Å²) in [5.41, 5.74) is 3.75. The lowest BCUT2D eigenvalue weighted by molar-refractivity contribution is 0.364. The number of ether oxygens (including phenoxy) is 4. The van der Waals surface area contributed by atoms with Gasteiger partial charge in [-0.2, -0.15) is 0 Å². The molecule has 3 aromatic carbocycles. The summed E-state index contributed by atoms with van der Waals surface area (Å²) in [4.78, 5) is 0. The summed E-state index contributed by atoms with van der Waals surface area (Å²) < 4.78 is 47.9. The van der Waals surface area contributed by atoms with Crippen LogP contribution in [0.4, 0.5) is 0 Å². The van der Waals surface area contributed by atoms with Crippen molar-refractivity contribution < 1.29 is 28.1 Å². The van der Waals surface area contributed by atoms with E-state index in [0.717, 1.165) is 44.4 Å². The van der Waals surface area contributed by atoms with E-state index in [1.165, 1.54) is 0 Å². The lowest BCUT2D eigenvalue weighted by Gasteiger charge is -2.08. The van der Waals surface area contributed by atoms with Crippen LogP contribution in [0.5, 0.6) is 23.0 Å². The van der Waals surface area contributed by atoms with Crippen LogP contribution in [0.2, 0.25) is 0 Å². The lowest BCUT2D eigenvalue weighted by Crippen LogP contribution is -2.07. The molecule has 8 heteroatoms. The zero-order valence-electron chi connectivity index (χ0n) is 20.4. The molecule has 0 aromatic heterocycles. The van der Waals surface area contributed by atoms with Gasteiger partial charge in [0.15, 0.2) is 10.6 Å². The van der Waals surface area contributed by atoms with Gasteiger partial charge in [0.05, 0.1) is 14.2 Å². The third-order valence-corrected chi connectivity index (χ3v) is 7.77. The molecular weight excluding hydrogens is 470 g/mol. The lowest BCUT2D eigenvalue weighted by atomic mass is 10.1. The van der Waals surface area contributed by atoms with Crippen LogP contribution >= 0.6 is 15.6 Å². The van der Waals surface area contributed by atoms with E-state index >= 15 is 0 Å². The molecule has 0 heterocycles. The smallest absolute Gasteiger partial charge is 0.417 e. The Morgan fingerprint density at radius 2 is 0.971 bits per heavy atom. The minimum atomic E-state index is -1.74. The van der Waals surface area contributed by atoms with Gasteiger partial charge in [-0.15, -0.1) is 0 Å². The molecule has 0 amide bonds. The minimum Gasteiger partial charge on any atom is -0.496 e. The van der Waals surface area contributed by atoms with Gasteiger partial charge in [0.2, 0.25) is 0 Å². The van der Waals surface area contributed by atoms with Crippen molar-refractivity contribution in [2.75, 3.05) is 26.9 Å². The van der Waals surface area contributed by atoms with E-state index in [1.54, 1.807) is 38.5 Å². The van der Waals surface area contributed by atoms with Crippen LogP contribution in [0.3, 0.4) is 0 Å². The van der Waals surface area contributed by atoms with Crippen molar-refractivity contribution in [3.63, 3.8) is 0 Å². The number of benzene rings is 3. The Bertz CT molecular complexity index is 1080. The molecule has 0 N–H and O–H groups in total. The maximum absolute atomic E-state index is 12.8. The van der Waals surface area contributed by atoms with E-state index in [2.05, 4.69) is 0 Å². The highest BCUT2D eigenvalue weighted by Crippen LogP contribution is 2.31. The van der Waals surface area contributed by atoms with Crippen LogP contribution in [-0.2, 0) is 9.13 Å². The van der Waals surface area contributed by atoms with Crippen LogP contribution in [0.1, 0.15) is 22.3 Å². The molecular formula is C26H30O6P2+2. The van der Waals surface area contributed by atoms with E-state index in [9.17, 15) is 9.13 Å². The van der Waals surface area contributed by atoms with E-state index < -0.39 is 15.6 Å². The Labute approximate surface area is 202 Å². The van der Waals surface area contributed by atoms with Gasteiger partial charge in [0, 0.05) is 6.07 Å². The molecule has 0 aliphatic heterocycles. The Morgan fingerprint density at radius 1 is 0.618 bits per heavy atom. The molecule has 6 nitrogen and oxygen atoms in total.